The fourth-order valence-electron chi connectivity index (χ4n) is 2.98. The molecule has 1 fully saturated rings. The monoisotopic (exact) mass is 407 g/mol. The number of alkyl halides is 1. The van der Waals surface area contributed by atoms with Crippen LogP contribution in [0.4, 0.5) is 0 Å². The van der Waals surface area contributed by atoms with Crippen LogP contribution >= 0.6 is 22.6 Å². The van der Waals surface area contributed by atoms with Crippen LogP contribution in [0.15, 0.2) is 0 Å². The Morgan fingerprint density at radius 3 is 2.38 bits per heavy atom. The summed E-state index contributed by atoms with van der Waals surface area (Å²) in [6.07, 6.45) is 5.19. The van der Waals surface area contributed by atoms with Crippen LogP contribution < -0.4 is 0 Å². The van der Waals surface area contributed by atoms with Gasteiger partial charge in [0.15, 0.2) is 0 Å². The summed E-state index contributed by atoms with van der Waals surface area (Å²) in [4.78, 5) is 14.7. The SMILES string of the molecule is CCC(I)CCC1(C)CC1CN(C(=O)C(C)(C)C)C(C)C. The molecule has 0 bridgehead atoms. The van der Waals surface area contributed by atoms with Crippen LogP contribution in [0.2, 0.25) is 0 Å². The third-order valence-electron chi connectivity index (χ3n) is 4.95. The minimum absolute atomic E-state index is 0.273. The van der Waals surface area contributed by atoms with E-state index >= 15 is 0 Å². The van der Waals surface area contributed by atoms with Crippen molar-refractivity contribution in [3.8, 4) is 0 Å². The first-order valence-electron chi connectivity index (χ1n) is 8.46. The second-order valence-corrected chi connectivity index (χ2v) is 10.2. The molecule has 3 heteroatoms. The predicted molar refractivity (Wildman–Crippen MR) is 99.9 cm³/mol. The second-order valence-electron chi connectivity index (χ2n) is 8.40. The topological polar surface area (TPSA) is 20.3 Å². The summed E-state index contributed by atoms with van der Waals surface area (Å²) in [6.45, 7) is 16.0. The molecular weight excluding hydrogens is 373 g/mol. The van der Waals surface area contributed by atoms with Crippen LogP contribution in [0.3, 0.4) is 0 Å². The van der Waals surface area contributed by atoms with Gasteiger partial charge in [0.2, 0.25) is 5.91 Å². The molecule has 0 aromatic carbocycles. The van der Waals surface area contributed by atoms with Gasteiger partial charge in [-0.15, -0.1) is 0 Å². The molecule has 1 aliphatic carbocycles. The van der Waals surface area contributed by atoms with Crippen molar-refractivity contribution in [1.82, 2.24) is 4.90 Å². The van der Waals surface area contributed by atoms with Crippen LogP contribution in [0.25, 0.3) is 0 Å². The number of carbonyl (C=O) groups excluding carboxylic acids is 1. The lowest BCUT2D eigenvalue weighted by Crippen LogP contribution is -2.45. The number of carbonyl (C=O) groups is 1. The van der Waals surface area contributed by atoms with Gasteiger partial charge in [0.05, 0.1) is 0 Å². The summed E-state index contributed by atoms with van der Waals surface area (Å²) >= 11 is 2.57. The maximum Gasteiger partial charge on any atom is 0.228 e. The van der Waals surface area contributed by atoms with E-state index in [1.807, 2.05) is 20.8 Å². The largest absolute Gasteiger partial charge is 0.340 e. The molecular formula is C18H34INO. The van der Waals surface area contributed by atoms with Gasteiger partial charge >= 0.3 is 0 Å². The Bertz CT molecular complexity index is 361. The summed E-state index contributed by atoms with van der Waals surface area (Å²) in [5, 5.41) is 0. The predicted octanol–water partition coefficient (Wildman–Crippen LogP) is 5.29. The third kappa shape index (κ3) is 5.40. The fraction of sp³-hybridized carbons (Fsp3) is 0.944. The molecule has 0 heterocycles. The Morgan fingerprint density at radius 2 is 1.95 bits per heavy atom. The summed E-state index contributed by atoms with van der Waals surface area (Å²) in [6, 6.07) is 0.301. The molecule has 3 atom stereocenters. The van der Waals surface area contributed by atoms with Crippen molar-refractivity contribution < 1.29 is 4.79 Å². The molecule has 1 saturated carbocycles. The van der Waals surface area contributed by atoms with Crippen LogP contribution in [0.1, 0.15) is 74.1 Å². The molecule has 3 unspecified atom stereocenters. The average molecular weight is 407 g/mol. The second kappa shape index (κ2) is 7.18. The number of hydrogen-bond donors (Lipinski definition) is 0. The van der Waals surface area contributed by atoms with E-state index in [2.05, 4.69) is 55.2 Å². The van der Waals surface area contributed by atoms with Gasteiger partial charge in [0.1, 0.15) is 0 Å². The van der Waals surface area contributed by atoms with Crippen LogP contribution in [-0.2, 0) is 4.79 Å². The fourth-order valence-corrected chi connectivity index (χ4v) is 3.29. The van der Waals surface area contributed by atoms with Crippen molar-refractivity contribution >= 4 is 28.5 Å². The maximum atomic E-state index is 12.6. The number of nitrogens with zero attached hydrogens (tertiary/aromatic N) is 1. The van der Waals surface area contributed by atoms with Crippen molar-refractivity contribution in [3.63, 3.8) is 0 Å². The summed E-state index contributed by atoms with van der Waals surface area (Å²) in [7, 11) is 0. The average Bonchev–Trinajstić information content (AvgIpc) is 3.02. The lowest BCUT2D eigenvalue weighted by Gasteiger charge is -2.33. The van der Waals surface area contributed by atoms with E-state index in [9.17, 15) is 4.79 Å². The van der Waals surface area contributed by atoms with E-state index in [-0.39, 0.29) is 5.41 Å². The lowest BCUT2D eigenvalue weighted by atomic mass is 9.93. The molecule has 124 valence electrons. The van der Waals surface area contributed by atoms with Gasteiger partial charge in [-0.05, 0) is 50.9 Å². The highest BCUT2D eigenvalue weighted by Crippen LogP contribution is 2.56. The summed E-state index contributed by atoms with van der Waals surface area (Å²) < 4.78 is 0.804. The number of halogens is 1. The maximum absolute atomic E-state index is 12.6. The minimum atomic E-state index is -0.273. The number of amides is 1. The smallest absolute Gasteiger partial charge is 0.228 e. The first-order chi connectivity index (χ1) is 9.51. The van der Waals surface area contributed by atoms with Gasteiger partial charge in [0.25, 0.3) is 0 Å². The Kier molecular flexibility index (Phi) is 6.58. The molecule has 0 radical (unpaired) electrons. The van der Waals surface area contributed by atoms with E-state index in [1.165, 1.54) is 25.7 Å². The van der Waals surface area contributed by atoms with Crippen LogP contribution in [-0.4, -0.2) is 27.3 Å². The van der Waals surface area contributed by atoms with Gasteiger partial charge in [-0.25, -0.2) is 0 Å². The highest BCUT2D eigenvalue weighted by Gasteiger charge is 2.50. The van der Waals surface area contributed by atoms with Crippen molar-refractivity contribution in [1.29, 1.82) is 0 Å². The zero-order chi connectivity index (χ0) is 16.4. The Morgan fingerprint density at radius 1 is 1.38 bits per heavy atom. The van der Waals surface area contributed by atoms with Gasteiger partial charge in [-0.2, -0.15) is 0 Å². The Labute approximate surface area is 145 Å². The zero-order valence-corrected chi connectivity index (χ0v) is 17.2. The Balaban J connectivity index is 2.57. The zero-order valence-electron chi connectivity index (χ0n) is 15.0. The van der Waals surface area contributed by atoms with Gasteiger partial charge in [0, 0.05) is 21.9 Å². The van der Waals surface area contributed by atoms with E-state index in [0.717, 1.165) is 10.5 Å². The molecule has 0 saturated heterocycles. The van der Waals surface area contributed by atoms with Crippen molar-refractivity contribution in [3.05, 3.63) is 0 Å². The summed E-state index contributed by atoms with van der Waals surface area (Å²) in [5.41, 5.74) is 0.203. The lowest BCUT2D eigenvalue weighted by molar-refractivity contribution is -0.141. The van der Waals surface area contributed by atoms with Crippen LogP contribution in [0, 0.1) is 16.7 Å². The van der Waals surface area contributed by atoms with Gasteiger partial charge < -0.3 is 4.90 Å². The quantitative estimate of drug-likeness (QED) is 0.415. The molecule has 1 aliphatic rings. The highest BCUT2D eigenvalue weighted by molar-refractivity contribution is 14.1. The highest BCUT2D eigenvalue weighted by atomic mass is 127. The molecule has 2 nitrogen and oxygen atoms in total. The molecule has 0 N–H and O–H groups in total. The van der Waals surface area contributed by atoms with Crippen molar-refractivity contribution in [2.24, 2.45) is 16.7 Å². The van der Waals surface area contributed by atoms with Crippen LogP contribution in [0.5, 0.6) is 0 Å². The van der Waals surface area contributed by atoms with Gasteiger partial charge in [-0.1, -0.05) is 57.2 Å². The number of hydrogen-bond acceptors (Lipinski definition) is 1. The number of rotatable bonds is 7. The normalized spacial score (nSPS) is 26.8. The third-order valence-corrected chi connectivity index (χ3v) is 6.46. The molecule has 0 aromatic rings. The van der Waals surface area contributed by atoms with E-state index in [1.54, 1.807) is 0 Å². The first-order valence-corrected chi connectivity index (χ1v) is 9.71. The van der Waals surface area contributed by atoms with E-state index in [4.69, 9.17) is 0 Å². The molecule has 21 heavy (non-hydrogen) atoms. The van der Waals surface area contributed by atoms with E-state index < -0.39 is 0 Å². The van der Waals surface area contributed by atoms with E-state index in [0.29, 0.717) is 23.3 Å². The molecule has 0 aliphatic heterocycles. The van der Waals surface area contributed by atoms with Crippen molar-refractivity contribution in [2.75, 3.05) is 6.54 Å². The molecule has 0 aromatic heterocycles. The van der Waals surface area contributed by atoms with Gasteiger partial charge in [-0.3, -0.25) is 4.79 Å². The standard InChI is InChI=1S/C18H34INO/c1-8-15(19)9-10-18(7)11-14(18)12-20(13(2)3)16(21)17(4,5)6/h13-15H,8-12H2,1-7H3. The molecule has 0 spiro atoms. The Hall–Kier alpha value is 0.200. The minimum Gasteiger partial charge on any atom is -0.340 e. The first kappa shape index (κ1) is 19.2. The summed E-state index contributed by atoms with van der Waals surface area (Å²) in [5.74, 6) is 0.999. The molecule has 1 amide bonds. The molecule has 1 rings (SSSR count). The van der Waals surface area contributed by atoms with Crippen molar-refractivity contribution in [2.45, 2.75) is 84.1 Å².